The lowest BCUT2D eigenvalue weighted by atomic mass is 10.2. The van der Waals surface area contributed by atoms with Crippen LogP contribution in [0.1, 0.15) is 44.9 Å². The third-order valence-electron chi connectivity index (χ3n) is 5.03. The molecule has 2 aromatic rings. The highest BCUT2D eigenvalue weighted by atomic mass is 32.1. The van der Waals surface area contributed by atoms with Crippen LogP contribution in [0.2, 0.25) is 0 Å². The lowest BCUT2D eigenvalue weighted by Crippen LogP contribution is -2.39. The minimum atomic E-state index is -4.28. The molecule has 3 rings (SSSR count). The number of halogens is 3. The minimum absolute atomic E-state index is 0.0355. The van der Waals surface area contributed by atoms with Gasteiger partial charge in [-0.15, -0.1) is 11.3 Å². The Labute approximate surface area is 183 Å². The van der Waals surface area contributed by atoms with Crippen molar-refractivity contribution in [2.75, 3.05) is 24.3 Å². The number of thiophene rings is 1. The lowest BCUT2D eigenvalue weighted by Gasteiger charge is -2.27. The molecule has 2 heterocycles. The minimum Gasteiger partial charge on any atom is -0.444 e. The van der Waals surface area contributed by atoms with Crippen LogP contribution in [0.4, 0.5) is 29.7 Å². The maximum Gasteiger partial charge on any atom is 0.407 e. The van der Waals surface area contributed by atoms with Gasteiger partial charge < -0.3 is 20.3 Å². The first-order chi connectivity index (χ1) is 14.3. The maximum atomic E-state index is 12.9. The van der Waals surface area contributed by atoms with E-state index >= 15 is 0 Å². The van der Waals surface area contributed by atoms with Gasteiger partial charge in [-0.25, -0.2) is 9.78 Å². The fourth-order valence-corrected chi connectivity index (χ4v) is 4.76. The summed E-state index contributed by atoms with van der Waals surface area (Å²) in [6.07, 6.45) is -3.43. The number of rotatable bonds is 5. The van der Waals surface area contributed by atoms with Crippen LogP contribution in [-0.4, -0.2) is 54.0 Å². The smallest absolute Gasteiger partial charge is 0.407 e. The number of aromatic nitrogens is 2. The number of anilines is 2. The molecule has 1 saturated carbocycles. The summed E-state index contributed by atoms with van der Waals surface area (Å²) in [6, 6.07) is 1.57. The first-order valence-corrected chi connectivity index (χ1v) is 10.9. The molecule has 1 aliphatic rings. The van der Waals surface area contributed by atoms with Crippen LogP contribution in [0.15, 0.2) is 6.07 Å². The van der Waals surface area contributed by atoms with Gasteiger partial charge in [-0.2, -0.15) is 18.2 Å². The summed E-state index contributed by atoms with van der Waals surface area (Å²) in [5, 5.41) is 6.39. The Hall–Kier alpha value is -2.30. The van der Waals surface area contributed by atoms with E-state index in [9.17, 15) is 18.0 Å². The topological polar surface area (TPSA) is 79.4 Å². The molecule has 2 N–H and O–H groups in total. The summed E-state index contributed by atoms with van der Waals surface area (Å²) < 4.78 is 43.9. The van der Waals surface area contributed by atoms with Crippen molar-refractivity contribution >= 4 is 39.4 Å². The number of fused-ring (bicyclic) bond motifs is 1. The number of amides is 1. The molecule has 0 aromatic carbocycles. The van der Waals surface area contributed by atoms with Crippen molar-refractivity contribution in [2.45, 2.75) is 70.3 Å². The Morgan fingerprint density at radius 3 is 2.61 bits per heavy atom. The van der Waals surface area contributed by atoms with Crippen molar-refractivity contribution < 1.29 is 22.7 Å². The van der Waals surface area contributed by atoms with Gasteiger partial charge in [0, 0.05) is 31.1 Å². The number of ether oxygens (including phenoxy) is 1. The quantitative estimate of drug-likeness (QED) is 0.674. The summed E-state index contributed by atoms with van der Waals surface area (Å²) in [6.45, 7) is 5.43. The fraction of sp³-hybridized carbons (Fsp3) is 0.650. The zero-order valence-corrected chi connectivity index (χ0v) is 19.1. The zero-order chi connectivity index (χ0) is 23.0. The van der Waals surface area contributed by atoms with E-state index in [1.807, 2.05) is 32.7 Å². The highest BCUT2D eigenvalue weighted by molar-refractivity contribution is 7.18. The molecule has 11 heteroatoms. The van der Waals surface area contributed by atoms with Gasteiger partial charge in [0.2, 0.25) is 5.95 Å². The Balaban J connectivity index is 1.78. The molecule has 31 heavy (non-hydrogen) atoms. The van der Waals surface area contributed by atoms with Gasteiger partial charge in [-0.1, -0.05) is 0 Å². The number of hydrogen-bond donors (Lipinski definition) is 2. The molecule has 0 spiro atoms. The summed E-state index contributed by atoms with van der Waals surface area (Å²) in [4.78, 5) is 23.6. The highest BCUT2D eigenvalue weighted by Gasteiger charge is 2.33. The molecule has 2 aromatic heterocycles. The van der Waals surface area contributed by atoms with E-state index in [1.54, 1.807) is 7.05 Å². The van der Waals surface area contributed by atoms with Gasteiger partial charge in [0.25, 0.3) is 0 Å². The van der Waals surface area contributed by atoms with Gasteiger partial charge in [0.05, 0.1) is 11.8 Å². The number of alkyl halides is 3. The maximum absolute atomic E-state index is 12.9. The van der Waals surface area contributed by atoms with E-state index in [2.05, 4.69) is 20.6 Å². The van der Waals surface area contributed by atoms with Crippen molar-refractivity contribution in [3.05, 3.63) is 10.9 Å². The Kier molecular flexibility index (Phi) is 6.54. The Bertz CT molecular complexity index is 941. The van der Waals surface area contributed by atoms with Gasteiger partial charge in [-0.05, 0) is 46.1 Å². The van der Waals surface area contributed by atoms with E-state index in [4.69, 9.17) is 4.74 Å². The van der Waals surface area contributed by atoms with Crippen LogP contribution in [0.3, 0.4) is 0 Å². The predicted octanol–water partition coefficient (Wildman–Crippen LogP) is 4.72. The van der Waals surface area contributed by atoms with E-state index in [1.165, 1.54) is 6.07 Å². The van der Waals surface area contributed by atoms with Crippen molar-refractivity contribution in [3.63, 3.8) is 0 Å². The van der Waals surface area contributed by atoms with E-state index in [0.717, 1.165) is 24.2 Å². The summed E-state index contributed by atoms with van der Waals surface area (Å²) in [5.41, 5.74) is -0.567. The molecular weight excluding hydrogens is 431 g/mol. The molecule has 2 atom stereocenters. The van der Waals surface area contributed by atoms with Crippen molar-refractivity contribution in [1.82, 2.24) is 15.3 Å². The number of nitrogens with zero attached hydrogens (tertiary/aromatic N) is 3. The van der Waals surface area contributed by atoms with Crippen LogP contribution >= 0.6 is 11.3 Å². The van der Waals surface area contributed by atoms with Crippen LogP contribution in [0, 0.1) is 0 Å². The summed E-state index contributed by atoms with van der Waals surface area (Å²) in [7, 11) is 3.55. The van der Waals surface area contributed by atoms with Crippen molar-refractivity contribution in [3.8, 4) is 0 Å². The molecule has 172 valence electrons. The molecule has 1 amide bonds. The molecule has 0 aliphatic heterocycles. The predicted molar refractivity (Wildman–Crippen MR) is 116 cm³/mol. The second kappa shape index (κ2) is 8.68. The third-order valence-corrected chi connectivity index (χ3v) is 6.06. The van der Waals surface area contributed by atoms with Gasteiger partial charge >= 0.3 is 12.3 Å². The molecule has 0 unspecified atom stereocenters. The van der Waals surface area contributed by atoms with Crippen LogP contribution in [0.5, 0.6) is 0 Å². The number of nitrogens with one attached hydrogen (secondary N) is 2. The van der Waals surface area contributed by atoms with E-state index in [0.29, 0.717) is 28.4 Å². The normalized spacial score (nSPS) is 19.5. The summed E-state index contributed by atoms with van der Waals surface area (Å²) >= 11 is 1.03. The zero-order valence-electron chi connectivity index (χ0n) is 18.3. The van der Waals surface area contributed by atoms with Gasteiger partial charge in [-0.3, -0.25) is 0 Å². The van der Waals surface area contributed by atoms with Gasteiger partial charge in [0.1, 0.15) is 16.2 Å². The third kappa shape index (κ3) is 6.11. The first kappa shape index (κ1) is 23.4. The molecule has 1 fully saturated rings. The van der Waals surface area contributed by atoms with E-state index < -0.39 is 24.3 Å². The number of hydrogen-bond acceptors (Lipinski definition) is 7. The number of alkyl carbamates (subject to hydrolysis) is 1. The molecule has 7 nitrogen and oxygen atoms in total. The molecule has 0 saturated heterocycles. The van der Waals surface area contributed by atoms with Crippen LogP contribution in [0.25, 0.3) is 10.2 Å². The van der Waals surface area contributed by atoms with Crippen LogP contribution < -0.4 is 15.5 Å². The summed E-state index contributed by atoms with van der Waals surface area (Å²) in [5.74, 6) is 0.943. The van der Waals surface area contributed by atoms with Crippen LogP contribution in [-0.2, 0) is 11.2 Å². The Morgan fingerprint density at radius 2 is 2.00 bits per heavy atom. The second-order valence-corrected chi connectivity index (χ2v) is 9.88. The molecule has 0 radical (unpaired) electrons. The second-order valence-electron chi connectivity index (χ2n) is 8.77. The largest absolute Gasteiger partial charge is 0.444 e. The van der Waals surface area contributed by atoms with E-state index in [-0.39, 0.29) is 17.0 Å². The Morgan fingerprint density at radius 1 is 1.29 bits per heavy atom. The van der Waals surface area contributed by atoms with Crippen molar-refractivity contribution in [1.29, 1.82) is 0 Å². The lowest BCUT2D eigenvalue weighted by molar-refractivity contribution is -0.126. The molecule has 0 bridgehead atoms. The number of carbonyl (C=O) groups is 1. The SMILES string of the molecule is CNc1nc(N(C)[C@@H]2CC[C@H](NC(=O)OC(C)(C)C)C2)c2cc(CC(F)(F)F)sc2n1. The average molecular weight is 460 g/mol. The highest BCUT2D eigenvalue weighted by Crippen LogP contribution is 2.37. The molecule has 1 aliphatic carbocycles. The standard InChI is InChI=1S/C20H28F3N5O2S/c1-19(2,3)30-18(29)25-11-6-7-12(8-11)28(5)15-14-9-13(10-20(21,22)23)31-16(14)27-17(24-4)26-15/h9,11-12H,6-8,10H2,1-5H3,(H,25,29)(H,24,26,27)/t11-,12+/m0/s1. The number of carbonyl (C=O) groups excluding carboxylic acids is 1. The monoisotopic (exact) mass is 459 g/mol. The first-order valence-electron chi connectivity index (χ1n) is 10.1. The van der Waals surface area contributed by atoms with Gasteiger partial charge in [0.15, 0.2) is 0 Å². The fourth-order valence-electron chi connectivity index (χ4n) is 3.71. The molecular formula is C20H28F3N5O2S. The van der Waals surface area contributed by atoms with Crippen molar-refractivity contribution in [2.24, 2.45) is 0 Å². The average Bonchev–Trinajstić information content (AvgIpc) is 3.23.